The molecular weight excluding hydrogens is 338 g/mol. The van der Waals surface area contributed by atoms with Crippen molar-refractivity contribution in [1.82, 2.24) is 4.90 Å². The Labute approximate surface area is 133 Å². The minimum atomic E-state index is -0.870. The van der Waals surface area contributed by atoms with Gasteiger partial charge in [-0.3, -0.25) is 4.79 Å². The summed E-state index contributed by atoms with van der Waals surface area (Å²) in [5.74, 6) is 0.347. The molecule has 1 amide bonds. The van der Waals surface area contributed by atoms with Crippen molar-refractivity contribution < 1.29 is 19.4 Å². The van der Waals surface area contributed by atoms with E-state index in [9.17, 15) is 9.90 Å². The first kappa shape index (κ1) is 16.3. The summed E-state index contributed by atoms with van der Waals surface area (Å²) in [4.78, 5) is 14.1. The SMILES string of the molecule is COc1cc(Br)ccc1C(=O)N(C)CC1(O)CCOCC1. The van der Waals surface area contributed by atoms with Gasteiger partial charge < -0.3 is 19.5 Å². The van der Waals surface area contributed by atoms with Gasteiger partial charge in [0, 0.05) is 44.1 Å². The Kier molecular flexibility index (Phi) is 5.24. The Morgan fingerprint density at radius 1 is 1.48 bits per heavy atom. The van der Waals surface area contributed by atoms with Crippen LogP contribution in [0.15, 0.2) is 22.7 Å². The molecule has 1 N–H and O–H groups in total. The van der Waals surface area contributed by atoms with Crippen LogP contribution in [-0.4, -0.2) is 55.4 Å². The van der Waals surface area contributed by atoms with E-state index in [1.165, 1.54) is 12.0 Å². The summed E-state index contributed by atoms with van der Waals surface area (Å²) in [6.07, 6.45) is 1.09. The number of rotatable bonds is 4. The average Bonchev–Trinajstić information content (AvgIpc) is 2.46. The third-order valence-corrected chi connectivity index (χ3v) is 4.19. The van der Waals surface area contributed by atoms with Crippen LogP contribution in [0.5, 0.6) is 5.75 Å². The number of aliphatic hydroxyl groups is 1. The van der Waals surface area contributed by atoms with Crippen LogP contribution in [-0.2, 0) is 4.74 Å². The van der Waals surface area contributed by atoms with E-state index in [0.717, 1.165) is 4.47 Å². The maximum Gasteiger partial charge on any atom is 0.257 e. The smallest absolute Gasteiger partial charge is 0.257 e. The van der Waals surface area contributed by atoms with Crippen molar-refractivity contribution in [1.29, 1.82) is 0 Å². The zero-order valence-corrected chi connectivity index (χ0v) is 13.9. The van der Waals surface area contributed by atoms with Gasteiger partial charge >= 0.3 is 0 Å². The van der Waals surface area contributed by atoms with Gasteiger partial charge in [-0.1, -0.05) is 15.9 Å². The first-order valence-electron chi connectivity index (χ1n) is 6.84. The minimum Gasteiger partial charge on any atom is -0.496 e. The summed E-state index contributed by atoms with van der Waals surface area (Å²) in [5, 5.41) is 10.5. The number of methoxy groups -OCH3 is 1. The monoisotopic (exact) mass is 357 g/mol. The number of carbonyl (C=O) groups is 1. The Morgan fingerprint density at radius 2 is 2.14 bits per heavy atom. The van der Waals surface area contributed by atoms with Gasteiger partial charge in [0.1, 0.15) is 5.75 Å². The van der Waals surface area contributed by atoms with E-state index in [4.69, 9.17) is 9.47 Å². The minimum absolute atomic E-state index is 0.167. The summed E-state index contributed by atoms with van der Waals surface area (Å²) in [6.45, 7) is 1.34. The summed E-state index contributed by atoms with van der Waals surface area (Å²) in [6, 6.07) is 5.27. The van der Waals surface area contributed by atoms with Crippen molar-refractivity contribution in [2.45, 2.75) is 18.4 Å². The third kappa shape index (κ3) is 3.96. The fourth-order valence-electron chi connectivity index (χ4n) is 2.47. The molecule has 5 nitrogen and oxygen atoms in total. The highest BCUT2D eigenvalue weighted by Crippen LogP contribution is 2.26. The zero-order valence-electron chi connectivity index (χ0n) is 12.3. The number of likely N-dealkylation sites (N-methyl/N-ethyl adjacent to an activating group) is 1. The van der Waals surface area contributed by atoms with Gasteiger partial charge in [-0.25, -0.2) is 0 Å². The lowest BCUT2D eigenvalue weighted by Crippen LogP contribution is -2.47. The van der Waals surface area contributed by atoms with E-state index in [0.29, 0.717) is 37.4 Å². The van der Waals surface area contributed by atoms with Crippen LogP contribution >= 0.6 is 15.9 Å². The fourth-order valence-corrected chi connectivity index (χ4v) is 2.81. The molecular formula is C15H20BrNO4. The van der Waals surface area contributed by atoms with Crippen molar-refractivity contribution in [2.24, 2.45) is 0 Å². The molecule has 0 bridgehead atoms. The van der Waals surface area contributed by atoms with Crippen LogP contribution in [0.25, 0.3) is 0 Å². The van der Waals surface area contributed by atoms with Gasteiger partial charge in [-0.2, -0.15) is 0 Å². The summed E-state index contributed by atoms with van der Waals surface area (Å²) < 4.78 is 11.4. The van der Waals surface area contributed by atoms with Crippen LogP contribution in [0.2, 0.25) is 0 Å². The van der Waals surface area contributed by atoms with Gasteiger partial charge in [0.2, 0.25) is 0 Å². The van der Waals surface area contributed by atoms with E-state index in [2.05, 4.69) is 15.9 Å². The van der Waals surface area contributed by atoms with Crippen LogP contribution in [0.4, 0.5) is 0 Å². The topological polar surface area (TPSA) is 59.0 Å². The predicted molar refractivity (Wildman–Crippen MR) is 82.7 cm³/mol. The van der Waals surface area contributed by atoms with Crippen molar-refractivity contribution in [2.75, 3.05) is 33.9 Å². The second kappa shape index (κ2) is 6.77. The number of hydrogen-bond donors (Lipinski definition) is 1. The normalized spacial score (nSPS) is 17.3. The molecule has 6 heteroatoms. The molecule has 0 aliphatic carbocycles. The lowest BCUT2D eigenvalue weighted by molar-refractivity contribution is -0.0734. The largest absolute Gasteiger partial charge is 0.496 e. The second-order valence-electron chi connectivity index (χ2n) is 5.34. The zero-order chi connectivity index (χ0) is 15.5. The lowest BCUT2D eigenvalue weighted by atomic mass is 9.93. The molecule has 1 aliphatic rings. The van der Waals surface area contributed by atoms with E-state index in [-0.39, 0.29) is 12.5 Å². The Morgan fingerprint density at radius 3 is 2.76 bits per heavy atom. The fraction of sp³-hybridized carbons (Fsp3) is 0.533. The number of ether oxygens (including phenoxy) is 2. The molecule has 1 aromatic rings. The molecule has 0 atom stereocenters. The number of carbonyl (C=O) groups excluding carboxylic acids is 1. The van der Waals surface area contributed by atoms with Crippen LogP contribution in [0, 0.1) is 0 Å². The second-order valence-corrected chi connectivity index (χ2v) is 6.26. The standard InChI is InChI=1S/C15H20BrNO4/c1-17(10-15(19)5-7-21-8-6-15)14(18)12-4-3-11(16)9-13(12)20-2/h3-4,9,19H,5-8,10H2,1-2H3. The maximum absolute atomic E-state index is 12.5. The predicted octanol–water partition coefficient (Wildman–Crippen LogP) is 2.07. The molecule has 0 saturated carbocycles. The molecule has 0 spiro atoms. The number of halogens is 1. The molecule has 1 fully saturated rings. The van der Waals surface area contributed by atoms with Gasteiger partial charge in [-0.15, -0.1) is 0 Å². The first-order valence-corrected chi connectivity index (χ1v) is 7.64. The van der Waals surface area contributed by atoms with Crippen molar-refractivity contribution in [3.05, 3.63) is 28.2 Å². The highest BCUT2D eigenvalue weighted by molar-refractivity contribution is 9.10. The summed E-state index contributed by atoms with van der Waals surface area (Å²) >= 11 is 3.35. The molecule has 2 rings (SSSR count). The molecule has 1 aromatic carbocycles. The molecule has 1 heterocycles. The van der Waals surface area contributed by atoms with E-state index >= 15 is 0 Å². The Balaban J connectivity index is 2.12. The molecule has 1 saturated heterocycles. The molecule has 1 aliphatic heterocycles. The van der Waals surface area contributed by atoms with Gasteiger partial charge in [0.15, 0.2) is 0 Å². The Hall–Kier alpha value is -1.11. The van der Waals surface area contributed by atoms with Gasteiger partial charge in [-0.05, 0) is 18.2 Å². The van der Waals surface area contributed by atoms with Crippen molar-refractivity contribution >= 4 is 21.8 Å². The number of benzene rings is 1. The maximum atomic E-state index is 12.5. The molecule has 0 radical (unpaired) electrons. The highest BCUT2D eigenvalue weighted by Gasteiger charge is 2.33. The third-order valence-electron chi connectivity index (χ3n) is 3.70. The van der Waals surface area contributed by atoms with Crippen LogP contribution < -0.4 is 4.74 Å². The summed E-state index contributed by atoms with van der Waals surface area (Å²) in [5.41, 5.74) is -0.385. The quantitative estimate of drug-likeness (QED) is 0.895. The number of hydrogen-bond acceptors (Lipinski definition) is 4. The molecule has 0 aromatic heterocycles. The lowest BCUT2D eigenvalue weighted by Gasteiger charge is -2.35. The van der Waals surface area contributed by atoms with E-state index in [1.54, 1.807) is 25.2 Å². The van der Waals surface area contributed by atoms with Crippen molar-refractivity contribution in [3.8, 4) is 5.75 Å². The van der Waals surface area contributed by atoms with Gasteiger partial charge in [0.05, 0.1) is 18.3 Å². The number of nitrogens with zero attached hydrogens (tertiary/aromatic N) is 1. The Bertz CT molecular complexity index is 514. The molecule has 116 valence electrons. The van der Waals surface area contributed by atoms with Crippen LogP contribution in [0.3, 0.4) is 0 Å². The summed E-state index contributed by atoms with van der Waals surface area (Å²) in [7, 11) is 3.22. The molecule has 0 unspecified atom stereocenters. The first-order chi connectivity index (χ1) is 9.95. The number of amides is 1. The van der Waals surface area contributed by atoms with Crippen molar-refractivity contribution in [3.63, 3.8) is 0 Å². The average molecular weight is 358 g/mol. The van der Waals surface area contributed by atoms with E-state index in [1.807, 2.05) is 0 Å². The molecule has 21 heavy (non-hydrogen) atoms. The van der Waals surface area contributed by atoms with Crippen LogP contribution in [0.1, 0.15) is 23.2 Å². The van der Waals surface area contributed by atoms with Gasteiger partial charge in [0.25, 0.3) is 5.91 Å². The van der Waals surface area contributed by atoms with E-state index < -0.39 is 5.60 Å². The highest BCUT2D eigenvalue weighted by atomic mass is 79.9.